The molecule has 0 aliphatic rings. The summed E-state index contributed by atoms with van der Waals surface area (Å²) >= 11 is 0. The van der Waals surface area contributed by atoms with Crippen molar-refractivity contribution < 1.29 is 0 Å². The Bertz CT molecular complexity index is 243. The molecule has 1 rings (SSSR count). The number of rotatable bonds is 2. The van der Waals surface area contributed by atoms with Crippen molar-refractivity contribution in [3.05, 3.63) is 24.0 Å². The molecule has 11 heavy (non-hydrogen) atoms. The first-order valence-electron chi connectivity index (χ1n) is 3.45. The minimum Gasteiger partial charge on any atom is -0.363 e. The molecular weight excluding hydrogens is 138 g/mol. The second-order valence-corrected chi connectivity index (χ2v) is 2.62. The molecule has 0 saturated heterocycles. The minimum atomic E-state index is -0.162. The van der Waals surface area contributed by atoms with E-state index >= 15 is 0 Å². The molecule has 0 aliphatic heterocycles. The molecule has 0 fully saturated rings. The fourth-order valence-electron chi connectivity index (χ4n) is 0.977. The van der Waals surface area contributed by atoms with Crippen LogP contribution in [-0.4, -0.2) is 24.0 Å². The third-order valence-corrected chi connectivity index (χ3v) is 1.56. The van der Waals surface area contributed by atoms with Gasteiger partial charge in [-0.3, -0.25) is 4.90 Å². The molecule has 0 amide bonds. The Morgan fingerprint density at radius 1 is 1.64 bits per heavy atom. The van der Waals surface area contributed by atoms with E-state index in [-0.39, 0.29) is 6.04 Å². The van der Waals surface area contributed by atoms with Gasteiger partial charge in [-0.15, -0.1) is 0 Å². The van der Waals surface area contributed by atoms with Crippen LogP contribution in [0.15, 0.2) is 18.3 Å². The van der Waals surface area contributed by atoms with Gasteiger partial charge in [0.1, 0.15) is 6.04 Å². The lowest BCUT2D eigenvalue weighted by Gasteiger charge is -2.14. The zero-order valence-electron chi connectivity index (χ0n) is 6.70. The van der Waals surface area contributed by atoms with E-state index in [0.717, 1.165) is 5.69 Å². The summed E-state index contributed by atoms with van der Waals surface area (Å²) in [6.07, 6.45) is 1.82. The summed E-state index contributed by atoms with van der Waals surface area (Å²) in [6, 6.07) is 5.84. The van der Waals surface area contributed by atoms with E-state index in [1.165, 1.54) is 0 Å². The molecule has 0 saturated carbocycles. The maximum absolute atomic E-state index is 8.76. The van der Waals surface area contributed by atoms with E-state index in [4.69, 9.17) is 5.26 Å². The highest BCUT2D eigenvalue weighted by molar-refractivity contribution is 5.15. The molecule has 0 unspecified atom stereocenters. The van der Waals surface area contributed by atoms with E-state index in [0.29, 0.717) is 0 Å². The molecule has 3 heteroatoms. The predicted octanol–water partition coefficient (Wildman–Crippen LogP) is 1.14. The minimum absolute atomic E-state index is 0.162. The normalized spacial score (nSPS) is 12.9. The maximum Gasteiger partial charge on any atom is 0.138 e. The Balaban J connectivity index is 2.82. The molecule has 1 aromatic rings. The van der Waals surface area contributed by atoms with Crippen molar-refractivity contribution in [3.8, 4) is 6.07 Å². The van der Waals surface area contributed by atoms with Crippen molar-refractivity contribution in [1.29, 1.82) is 5.26 Å². The van der Waals surface area contributed by atoms with Crippen molar-refractivity contribution >= 4 is 0 Å². The lowest BCUT2D eigenvalue weighted by atomic mass is 10.2. The zero-order valence-corrected chi connectivity index (χ0v) is 6.70. The summed E-state index contributed by atoms with van der Waals surface area (Å²) in [5, 5.41) is 8.76. The van der Waals surface area contributed by atoms with Crippen LogP contribution < -0.4 is 0 Å². The summed E-state index contributed by atoms with van der Waals surface area (Å²) in [4.78, 5) is 4.87. The van der Waals surface area contributed by atoms with Crippen LogP contribution in [0.1, 0.15) is 11.7 Å². The first-order chi connectivity index (χ1) is 5.25. The maximum atomic E-state index is 8.76. The first kappa shape index (κ1) is 7.83. The Morgan fingerprint density at radius 2 is 2.36 bits per heavy atom. The van der Waals surface area contributed by atoms with Crippen LogP contribution in [0.3, 0.4) is 0 Å². The van der Waals surface area contributed by atoms with Gasteiger partial charge in [-0.25, -0.2) is 0 Å². The average molecular weight is 149 g/mol. The van der Waals surface area contributed by atoms with Gasteiger partial charge in [-0.2, -0.15) is 5.26 Å². The van der Waals surface area contributed by atoms with E-state index < -0.39 is 0 Å². The number of hydrogen-bond donors (Lipinski definition) is 1. The van der Waals surface area contributed by atoms with Crippen molar-refractivity contribution in [2.24, 2.45) is 0 Å². The van der Waals surface area contributed by atoms with Gasteiger partial charge >= 0.3 is 0 Å². The van der Waals surface area contributed by atoms with Gasteiger partial charge in [0, 0.05) is 11.9 Å². The first-order valence-corrected chi connectivity index (χ1v) is 3.45. The van der Waals surface area contributed by atoms with Crippen LogP contribution in [0.5, 0.6) is 0 Å². The summed E-state index contributed by atoms with van der Waals surface area (Å²) in [5.74, 6) is 0. The summed E-state index contributed by atoms with van der Waals surface area (Å²) in [7, 11) is 3.77. The van der Waals surface area contributed by atoms with Gasteiger partial charge < -0.3 is 4.98 Å². The summed E-state index contributed by atoms with van der Waals surface area (Å²) < 4.78 is 0. The van der Waals surface area contributed by atoms with Crippen LogP contribution >= 0.6 is 0 Å². The molecule has 0 spiro atoms. The van der Waals surface area contributed by atoms with Crippen LogP contribution in [0, 0.1) is 11.3 Å². The Hall–Kier alpha value is -1.27. The number of nitrogens with one attached hydrogen (secondary N) is 1. The summed E-state index contributed by atoms with van der Waals surface area (Å²) in [5.41, 5.74) is 0.942. The van der Waals surface area contributed by atoms with Gasteiger partial charge in [0.2, 0.25) is 0 Å². The highest BCUT2D eigenvalue weighted by atomic mass is 15.1. The number of hydrogen-bond acceptors (Lipinski definition) is 2. The van der Waals surface area contributed by atoms with Crippen molar-refractivity contribution in [2.75, 3.05) is 14.1 Å². The fraction of sp³-hybridized carbons (Fsp3) is 0.375. The Kier molecular flexibility index (Phi) is 2.29. The molecule has 1 atom stereocenters. The monoisotopic (exact) mass is 149 g/mol. The summed E-state index contributed by atoms with van der Waals surface area (Å²) in [6.45, 7) is 0. The van der Waals surface area contributed by atoms with Crippen molar-refractivity contribution in [3.63, 3.8) is 0 Å². The number of H-pyrrole nitrogens is 1. The molecule has 1 heterocycles. The standard InChI is InChI=1S/C8H11N3/c1-11(2)8(6-9)7-4-3-5-10-7/h3-5,8,10H,1-2H3/t8-/m0/s1. The SMILES string of the molecule is CN(C)[C@@H](C#N)c1ccc[nH]1. The molecule has 58 valence electrons. The largest absolute Gasteiger partial charge is 0.363 e. The zero-order chi connectivity index (χ0) is 8.27. The van der Waals surface area contributed by atoms with E-state index in [9.17, 15) is 0 Å². The lowest BCUT2D eigenvalue weighted by molar-refractivity contribution is 0.353. The third-order valence-electron chi connectivity index (χ3n) is 1.56. The second-order valence-electron chi connectivity index (χ2n) is 2.62. The quantitative estimate of drug-likeness (QED) is 0.685. The second kappa shape index (κ2) is 3.22. The predicted molar refractivity (Wildman–Crippen MR) is 42.8 cm³/mol. The van der Waals surface area contributed by atoms with E-state index in [2.05, 4.69) is 11.1 Å². The van der Waals surface area contributed by atoms with E-state index in [1.807, 2.05) is 37.3 Å². The average Bonchev–Trinajstić information content (AvgIpc) is 2.40. The molecule has 0 bridgehead atoms. The number of nitriles is 1. The van der Waals surface area contributed by atoms with Gasteiger partial charge in [0.15, 0.2) is 0 Å². The van der Waals surface area contributed by atoms with Crippen LogP contribution in [0.25, 0.3) is 0 Å². The van der Waals surface area contributed by atoms with Crippen LogP contribution in [-0.2, 0) is 0 Å². The van der Waals surface area contributed by atoms with Crippen molar-refractivity contribution in [1.82, 2.24) is 9.88 Å². The number of aromatic amines is 1. The molecule has 0 aromatic carbocycles. The van der Waals surface area contributed by atoms with Gasteiger partial charge in [0.25, 0.3) is 0 Å². The fourth-order valence-corrected chi connectivity index (χ4v) is 0.977. The van der Waals surface area contributed by atoms with Gasteiger partial charge in [-0.1, -0.05) is 0 Å². The van der Waals surface area contributed by atoms with Gasteiger partial charge in [0.05, 0.1) is 6.07 Å². The molecule has 0 radical (unpaired) electrons. The lowest BCUT2D eigenvalue weighted by Crippen LogP contribution is -2.18. The molecular formula is C8H11N3. The molecule has 3 nitrogen and oxygen atoms in total. The number of nitrogens with zero attached hydrogens (tertiary/aromatic N) is 2. The molecule has 0 aliphatic carbocycles. The van der Waals surface area contributed by atoms with E-state index in [1.54, 1.807) is 0 Å². The topological polar surface area (TPSA) is 42.8 Å². The van der Waals surface area contributed by atoms with Crippen molar-refractivity contribution in [2.45, 2.75) is 6.04 Å². The molecule has 1 aromatic heterocycles. The van der Waals surface area contributed by atoms with Crippen LogP contribution in [0.2, 0.25) is 0 Å². The van der Waals surface area contributed by atoms with Gasteiger partial charge in [-0.05, 0) is 26.2 Å². The van der Waals surface area contributed by atoms with Crippen LogP contribution in [0.4, 0.5) is 0 Å². The Labute approximate surface area is 66.3 Å². The highest BCUT2D eigenvalue weighted by Gasteiger charge is 2.12. The Morgan fingerprint density at radius 3 is 2.73 bits per heavy atom. The molecule has 1 N–H and O–H groups in total. The highest BCUT2D eigenvalue weighted by Crippen LogP contribution is 2.13. The third kappa shape index (κ3) is 1.60. The number of aromatic nitrogens is 1. The smallest absolute Gasteiger partial charge is 0.138 e.